The molecule has 1 nitrogen and oxygen atoms in total. The predicted molar refractivity (Wildman–Crippen MR) is 32.5 cm³/mol. The van der Waals surface area contributed by atoms with E-state index in [1.54, 1.807) is 12.2 Å². The Balaban J connectivity index is 2.68. The van der Waals surface area contributed by atoms with E-state index >= 15 is 0 Å². The van der Waals surface area contributed by atoms with Gasteiger partial charge < -0.3 is 0 Å². The molecule has 0 spiro atoms. The van der Waals surface area contributed by atoms with Crippen LogP contribution in [0.4, 0.5) is 0 Å². The Morgan fingerprint density at radius 3 is 2.25 bits per heavy atom. The van der Waals surface area contributed by atoms with Crippen LogP contribution in [0.1, 0.15) is 6.92 Å². The molecule has 0 fully saturated rings. The van der Waals surface area contributed by atoms with Gasteiger partial charge in [-0.2, -0.15) is 0 Å². The maximum absolute atomic E-state index is 10.4. The highest BCUT2D eigenvalue weighted by Gasteiger charge is 1.98. The lowest BCUT2D eigenvalue weighted by atomic mass is 10.1. The molecule has 0 atom stereocenters. The summed E-state index contributed by atoms with van der Waals surface area (Å²) in [5.74, 6) is 0.538. The van der Waals surface area contributed by atoms with E-state index in [4.69, 9.17) is 0 Å². The van der Waals surface area contributed by atoms with Gasteiger partial charge in [0.05, 0.1) is 0 Å². The predicted octanol–water partition coefficient (Wildman–Crippen LogP) is 1.32. The van der Waals surface area contributed by atoms with E-state index < -0.39 is 0 Å². The summed E-state index contributed by atoms with van der Waals surface area (Å²) in [7, 11) is 0. The lowest BCUT2D eigenvalue weighted by Gasteiger charge is -1.99. The van der Waals surface area contributed by atoms with E-state index in [1.807, 2.05) is 19.1 Å². The van der Waals surface area contributed by atoms with E-state index in [0.29, 0.717) is 5.92 Å². The normalized spacial score (nSPS) is 19.9. The summed E-state index contributed by atoms with van der Waals surface area (Å²) < 4.78 is 0. The highest BCUT2D eigenvalue weighted by Crippen LogP contribution is 2.04. The number of hydrogen-bond donors (Lipinski definition) is 0. The van der Waals surface area contributed by atoms with Gasteiger partial charge in [0, 0.05) is 0 Å². The molecule has 0 aromatic carbocycles. The van der Waals surface area contributed by atoms with Crippen LogP contribution < -0.4 is 0 Å². The molecule has 8 heavy (non-hydrogen) atoms. The average molecular weight is 108 g/mol. The highest BCUT2D eigenvalue weighted by molar-refractivity contribution is 6.00. The van der Waals surface area contributed by atoms with Gasteiger partial charge in [-0.1, -0.05) is 19.1 Å². The van der Waals surface area contributed by atoms with Gasteiger partial charge in [0.2, 0.25) is 0 Å². The number of hydrogen-bond acceptors (Lipinski definition) is 1. The van der Waals surface area contributed by atoms with E-state index in [1.165, 1.54) is 0 Å². The summed E-state index contributed by atoms with van der Waals surface area (Å²) in [4.78, 5) is 10.4. The van der Waals surface area contributed by atoms with Crippen molar-refractivity contribution in [1.82, 2.24) is 0 Å². The van der Waals surface area contributed by atoms with E-state index in [9.17, 15) is 4.79 Å². The fourth-order valence-electron chi connectivity index (χ4n) is 0.613. The second-order valence-electron chi connectivity index (χ2n) is 1.98. The Bertz CT molecular complexity index is 138. The minimum Gasteiger partial charge on any atom is -0.290 e. The summed E-state index contributed by atoms with van der Waals surface area (Å²) in [5.41, 5.74) is 0. The van der Waals surface area contributed by atoms with Gasteiger partial charge in [-0.3, -0.25) is 4.79 Å². The quantitative estimate of drug-likeness (QED) is 0.457. The van der Waals surface area contributed by atoms with Crippen molar-refractivity contribution in [3.8, 4) is 0 Å². The lowest BCUT2D eigenvalue weighted by molar-refractivity contribution is -0.110. The van der Waals surface area contributed by atoms with Crippen molar-refractivity contribution in [2.75, 3.05) is 0 Å². The van der Waals surface area contributed by atoms with Crippen LogP contribution in [0, 0.1) is 5.92 Å². The lowest BCUT2D eigenvalue weighted by Crippen LogP contribution is -1.95. The van der Waals surface area contributed by atoms with E-state index in [0.717, 1.165) is 0 Å². The van der Waals surface area contributed by atoms with Crippen molar-refractivity contribution in [3.63, 3.8) is 0 Å². The summed E-state index contributed by atoms with van der Waals surface area (Å²) >= 11 is 0. The molecule has 0 heterocycles. The van der Waals surface area contributed by atoms with Gasteiger partial charge >= 0.3 is 0 Å². The van der Waals surface area contributed by atoms with Gasteiger partial charge in [-0.15, -0.1) is 0 Å². The molecule has 0 N–H and O–H groups in total. The van der Waals surface area contributed by atoms with Crippen molar-refractivity contribution in [2.45, 2.75) is 6.92 Å². The maximum Gasteiger partial charge on any atom is 0.178 e. The molecule has 0 radical (unpaired) electrons. The Morgan fingerprint density at radius 2 is 1.88 bits per heavy atom. The first-order valence-electron chi connectivity index (χ1n) is 2.69. The van der Waals surface area contributed by atoms with Crippen LogP contribution in [-0.4, -0.2) is 5.78 Å². The standard InChI is InChI=1S/C7H8O/c1-6-2-4-7(8)5-3-6/h2-6H,1H3. The van der Waals surface area contributed by atoms with Crippen molar-refractivity contribution in [1.29, 1.82) is 0 Å². The zero-order chi connectivity index (χ0) is 5.98. The highest BCUT2D eigenvalue weighted by atomic mass is 16.1. The molecule has 1 heteroatoms. The first kappa shape index (κ1) is 5.29. The molecular formula is C7H8O. The molecule has 42 valence electrons. The fraction of sp³-hybridized carbons (Fsp3) is 0.286. The second kappa shape index (κ2) is 1.95. The Hall–Kier alpha value is -0.850. The van der Waals surface area contributed by atoms with Crippen molar-refractivity contribution in [3.05, 3.63) is 24.3 Å². The van der Waals surface area contributed by atoms with Crippen LogP contribution >= 0.6 is 0 Å². The molecule has 1 aliphatic carbocycles. The van der Waals surface area contributed by atoms with Crippen LogP contribution in [0.2, 0.25) is 0 Å². The van der Waals surface area contributed by atoms with Crippen molar-refractivity contribution >= 4 is 5.78 Å². The molecule has 0 aromatic heterocycles. The van der Waals surface area contributed by atoms with Gasteiger partial charge in [-0.05, 0) is 18.1 Å². The number of rotatable bonds is 0. The number of ketones is 1. The minimum atomic E-state index is 0.100. The smallest absolute Gasteiger partial charge is 0.178 e. The summed E-state index contributed by atoms with van der Waals surface area (Å²) in [6.45, 7) is 2.04. The molecule has 0 unspecified atom stereocenters. The average Bonchev–Trinajstić information content (AvgIpc) is 1.77. The molecule has 0 amide bonds. The first-order valence-corrected chi connectivity index (χ1v) is 2.69. The van der Waals surface area contributed by atoms with Crippen LogP contribution in [0.5, 0.6) is 0 Å². The minimum absolute atomic E-state index is 0.100. The van der Waals surface area contributed by atoms with Crippen molar-refractivity contribution in [2.24, 2.45) is 5.92 Å². The van der Waals surface area contributed by atoms with E-state index in [-0.39, 0.29) is 5.78 Å². The zero-order valence-corrected chi connectivity index (χ0v) is 4.79. The Kier molecular flexibility index (Phi) is 1.29. The molecule has 0 bridgehead atoms. The molecule has 0 aliphatic heterocycles. The zero-order valence-electron chi connectivity index (χ0n) is 4.79. The van der Waals surface area contributed by atoms with Crippen LogP contribution in [0.3, 0.4) is 0 Å². The number of allylic oxidation sites excluding steroid dienone is 4. The van der Waals surface area contributed by atoms with Crippen LogP contribution in [0.15, 0.2) is 24.3 Å². The maximum atomic E-state index is 10.4. The van der Waals surface area contributed by atoms with Crippen molar-refractivity contribution < 1.29 is 4.79 Å². The van der Waals surface area contributed by atoms with Gasteiger partial charge in [-0.25, -0.2) is 0 Å². The number of carbonyl (C=O) groups excluding carboxylic acids is 1. The molecule has 0 saturated carbocycles. The topological polar surface area (TPSA) is 17.1 Å². The summed E-state index contributed by atoms with van der Waals surface area (Å²) in [6, 6.07) is 0. The third-order valence-corrected chi connectivity index (χ3v) is 1.13. The third-order valence-electron chi connectivity index (χ3n) is 1.13. The van der Waals surface area contributed by atoms with Crippen LogP contribution in [0.25, 0.3) is 0 Å². The first-order chi connectivity index (χ1) is 3.79. The third kappa shape index (κ3) is 1.06. The van der Waals surface area contributed by atoms with Gasteiger partial charge in [0.15, 0.2) is 5.78 Å². The molecular weight excluding hydrogens is 100 g/mol. The molecule has 0 saturated heterocycles. The molecule has 1 aliphatic rings. The Labute approximate surface area is 48.7 Å². The summed E-state index contributed by atoms with van der Waals surface area (Å²) in [6.07, 6.45) is 6.99. The number of carbonyl (C=O) groups is 1. The fourth-order valence-corrected chi connectivity index (χ4v) is 0.613. The largest absolute Gasteiger partial charge is 0.290 e. The Morgan fingerprint density at radius 1 is 1.38 bits per heavy atom. The SMILES string of the molecule is CC1C=CC(=O)C=C1. The van der Waals surface area contributed by atoms with Gasteiger partial charge in [0.1, 0.15) is 0 Å². The van der Waals surface area contributed by atoms with Gasteiger partial charge in [0.25, 0.3) is 0 Å². The van der Waals surface area contributed by atoms with Crippen LogP contribution in [-0.2, 0) is 4.79 Å². The second-order valence-corrected chi connectivity index (χ2v) is 1.98. The summed E-state index contributed by atoms with van der Waals surface area (Å²) in [5, 5.41) is 0. The monoisotopic (exact) mass is 108 g/mol. The molecule has 0 aromatic rings. The molecule has 1 rings (SSSR count). The van der Waals surface area contributed by atoms with E-state index in [2.05, 4.69) is 0 Å².